The molecule has 8 nitrogen and oxygen atoms in total. The van der Waals surface area contributed by atoms with Crippen LogP contribution in [0, 0.1) is 0 Å². The minimum Gasteiger partial charge on any atom is -0.494 e. The molecule has 28 heavy (non-hydrogen) atoms. The summed E-state index contributed by atoms with van der Waals surface area (Å²) in [5.41, 5.74) is 1.42. The summed E-state index contributed by atoms with van der Waals surface area (Å²) in [6, 6.07) is 15.7. The van der Waals surface area contributed by atoms with E-state index in [1.807, 2.05) is 37.3 Å². The molecular weight excluding hydrogens is 358 g/mol. The molecule has 0 bridgehead atoms. The molecule has 2 amide bonds. The van der Waals surface area contributed by atoms with Gasteiger partial charge in [-0.15, -0.1) is 5.10 Å². The van der Waals surface area contributed by atoms with Crippen LogP contribution in [0.2, 0.25) is 0 Å². The average molecular weight is 377 g/mol. The van der Waals surface area contributed by atoms with E-state index in [1.165, 1.54) is 4.68 Å². The molecule has 0 aliphatic carbocycles. The summed E-state index contributed by atoms with van der Waals surface area (Å²) in [6.07, 6.45) is -0.00650. The number of benzene rings is 2. The molecule has 2 aromatic carbocycles. The lowest BCUT2D eigenvalue weighted by atomic mass is 10.1. The number of aromatic nitrogens is 3. The molecule has 0 radical (unpaired) electrons. The normalized spacial score (nSPS) is 15.5. The number of rotatable bonds is 5. The Labute approximate surface area is 161 Å². The molecule has 1 atom stereocenters. The van der Waals surface area contributed by atoms with Crippen molar-refractivity contribution in [2.45, 2.75) is 19.4 Å². The zero-order valence-electron chi connectivity index (χ0n) is 15.3. The third-order valence-electron chi connectivity index (χ3n) is 4.32. The summed E-state index contributed by atoms with van der Waals surface area (Å²) in [6.45, 7) is 2.48. The van der Waals surface area contributed by atoms with Crippen LogP contribution < -0.4 is 15.4 Å². The largest absolute Gasteiger partial charge is 0.494 e. The lowest BCUT2D eigenvalue weighted by Gasteiger charge is -2.22. The number of ether oxygens (including phenoxy) is 1. The first kappa shape index (κ1) is 17.7. The first-order chi connectivity index (χ1) is 13.6. The van der Waals surface area contributed by atoms with Gasteiger partial charge in [-0.1, -0.05) is 30.3 Å². The summed E-state index contributed by atoms with van der Waals surface area (Å²) in [5, 5.41) is 9.95. The molecule has 1 aliphatic rings. The maximum Gasteiger partial charge on any atom is 0.249 e. The van der Waals surface area contributed by atoms with Gasteiger partial charge in [-0.3, -0.25) is 14.9 Å². The third-order valence-corrected chi connectivity index (χ3v) is 4.32. The minimum absolute atomic E-state index is 0.00650. The van der Waals surface area contributed by atoms with E-state index in [2.05, 4.69) is 20.7 Å². The number of fused-ring (bicyclic) bond motifs is 1. The van der Waals surface area contributed by atoms with Crippen LogP contribution >= 0.6 is 0 Å². The van der Waals surface area contributed by atoms with Crippen LogP contribution in [0.1, 0.15) is 19.4 Å². The van der Waals surface area contributed by atoms with Gasteiger partial charge in [0.05, 0.1) is 13.0 Å². The maximum atomic E-state index is 12.8. The Morgan fingerprint density at radius 1 is 1.21 bits per heavy atom. The molecule has 1 aromatic heterocycles. The van der Waals surface area contributed by atoms with E-state index in [9.17, 15) is 9.59 Å². The number of carbonyl (C=O) groups is 2. The number of hydrogen-bond acceptors (Lipinski definition) is 5. The van der Waals surface area contributed by atoms with Crippen LogP contribution in [-0.4, -0.2) is 33.2 Å². The number of hydrogen-bond donors (Lipinski definition) is 2. The predicted octanol–water partition coefficient (Wildman–Crippen LogP) is 2.87. The Hall–Kier alpha value is -3.68. The van der Waals surface area contributed by atoms with Gasteiger partial charge in [-0.05, 0) is 31.2 Å². The van der Waals surface area contributed by atoms with Crippen LogP contribution in [0.3, 0.4) is 0 Å². The number of anilines is 2. The topological polar surface area (TPSA) is 98.1 Å². The van der Waals surface area contributed by atoms with Crippen molar-refractivity contribution >= 4 is 23.5 Å². The Morgan fingerprint density at radius 3 is 2.68 bits per heavy atom. The zero-order valence-corrected chi connectivity index (χ0v) is 15.3. The lowest BCUT2D eigenvalue weighted by molar-refractivity contribution is -0.125. The molecule has 142 valence electrons. The van der Waals surface area contributed by atoms with Crippen molar-refractivity contribution in [3.63, 3.8) is 0 Å². The third kappa shape index (κ3) is 3.57. The molecular formula is C20H19N5O3. The number of carbonyl (C=O) groups excluding carboxylic acids is 2. The van der Waals surface area contributed by atoms with Crippen LogP contribution in [0.4, 0.5) is 11.6 Å². The average Bonchev–Trinajstić information content (AvgIpc) is 3.13. The smallest absolute Gasteiger partial charge is 0.249 e. The molecule has 2 N–H and O–H groups in total. The Kier molecular flexibility index (Phi) is 4.76. The fourth-order valence-corrected chi connectivity index (χ4v) is 3.00. The molecule has 8 heteroatoms. The van der Waals surface area contributed by atoms with E-state index in [0.717, 1.165) is 11.3 Å². The first-order valence-corrected chi connectivity index (χ1v) is 8.99. The molecule has 4 rings (SSSR count). The van der Waals surface area contributed by atoms with Gasteiger partial charge < -0.3 is 10.1 Å². The zero-order chi connectivity index (χ0) is 19.5. The summed E-state index contributed by atoms with van der Waals surface area (Å²) in [7, 11) is 0. The van der Waals surface area contributed by atoms with Gasteiger partial charge in [0.25, 0.3) is 0 Å². The highest BCUT2D eigenvalue weighted by Crippen LogP contribution is 2.27. The quantitative estimate of drug-likeness (QED) is 0.712. The summed E-state index contributed by atoms with van der Waals surface area (Å²) in [4.78, 5) is 29.3. The minimum atomic E-state index is -0.778. The molecule has 1 aliphatic heterocycles. The molecule has 0 spiro atoms. The SMILES string of the molecule is CCOc1ccc(NC(=O)C2CC(=O)Nc3nc(-c4ccccc4)nn32)cc1. The molecule has 0 fully saturated rings. The van der Waals surface area contributed by atoms with Gasteiger partial charge in [0.1, 0.15) is 11.8 Å². The van der Waals surface area contributed by atoms with Gasteiger partial charge in [-0.25, -0.2) is 4.68 Å². The van der Waals surface area contributed by atoms with Crippen molar-refractivity contribution < 1.29 is 14.3 Å². The summed E-state index contributed by atoms with van der Waals surface area (Å²) < 4.78 is 6.87. The van der Waals surface area contributed by atoms with Crippen molar-refractivity contribution in [1.82, 2.24) is 14.8 Å². The molecule has 0 saturated heterocycles. The van der Waals surface area contributed by atoms with E-state index in [1.54, 1.807) is 24.3 Å². The van der Waals surface area contributed by atoms with Crippen LogP contribution in [0.15, 0.2) is 54.6 Å². The van der Waals surface area contributed by atoms with Gasteiger partial charge in [0.2, 0.25) is 17.8 Å². The van der Waals surface area contributed by atoms with Gasteiger partial charge in [-0.2, -0.15) is 4.98 Å². The second-order valence-electron chi connectivity index (χ2n) is 6.28. The van der Waals surface area contributed by atoms with Gasteiger partial charge >= 0.3 is 0 Å². The molecule has 0 saturated carbocycles. The second kappa shape index (κ2) is 7.51. The van der Waals surface area contributed by atoms with Crippen molar-refractivity contribution in [3.8, 4) is 17.1 Å². The number of amides is 2. The fraction of sp³-hybridized carbons (Fsp3) is 0.200. The fourth-order valence-electron chi connectivity index (χ4n) is 3.00. The summed E-state index contributed by atoms with van der Waals surface area (Å²) in [5.74, 6) is 0.846. The van der Waals surface area contributed by atoms with Crippen LogP contribution in [0.5, 0.6) is 5.75 Å². The molecule has 3 aromatic rings. The molecule has 2 heterocycles. The van der Waals surface area contributed by atoms with Gasteiger partial charge in [0.15, 0.2) is 5.82 Å². The second-order valence-corrected chi connectivity index (χ2v) is 6.28. The predicted molar refractivity (Wildman–Crippen MR) is 104 cm³/mol. The highest BCUT2D eigenvalue weighted by Gasteiger charge is 2.33. The van der Waals surface area contributed by atoms with Gasteiger partial charge in [0, 0.05) is 11.3 Å². The van der Waals surface area contributed by atoms with E-state index < -0.39 is 6.04 Å². The van der Waals surface area contributed by atoms with E-state index in [4.69, 9.17) is 4.74 Å². The Bertz CT molecular complexity index is 998. The Morgan fingerprint density at radius 2 is 1.96 bits per heavy atom. The van der Waals surface area contributed by atoms with Crippen molar-refractivity contribution in [3.05, 3.63) is 54.6 Å². The van der Waals surface area contributed by atoms with Crippen LogP contribution in [0.25, 0.3) is 11.4 Å². The Balaban J connectivity index is 1.57. The monoisotopic (exact) mass is 377 g/mol. The molecule has 1 unspecified atom stereocenters. The van der Waals surface area contributed by atoms with E-state index in [0.29, 0.717) is 18.1 Å². The number of nitrogens with zero attached hydrogens (tertiary/aromatic N) is 3. The van der Waals surface area contributed by atoms with Crippen LogP contribution in [-0.2, 0) is 9.59 Å². The lowest BCUT2D eigenvalue weighted by Crippen LogP contribution is -2.36. The summed E-state index contributed by atoms with van der Waals surface area (Å²) >= 11 is 0. The van der Waals surface area contributed by atoms with E-state index in [-0.39, 0.29) is 24.2 Å². The van der Waals surface area contributed by atoms with E-state index >= 15 is 0 Å². The highest BCUT2D eigenvalue weighted by atomic mass is 16.5. The number of nitrogens with one attached hydrogen (secondary N) is 2. The van der Waals surface area contributed by atoms with Crippen molar-refractivity contribution in [2.24, 2.45) is 0 Å². The van der Waals surface area contributed by atoms with Crippen molar-refractivity contribution in [1.29, 1.82) is 0 Å². The first-order valence-electron chi connectivity index (χ1n) is 8.99. The maximum absolute atomic E-state index is 12.8. The highest BCUT2D eigenvalue weighted by molar-refractivity contribution is 6.00. The standard InChI is InChI=1S/C20H19N5O3/c1-2-28-15-10-8-14(9-11-15)21-19(27)16-12-17(26)22-20-23-18(24-25(16)20)13-6-4-3-5-7-13/h3-11,16H,2,12H2,1H3,(H,21,27)(H,22,23,24,26). The van der Waals surface area contributed by atoms with Crippen molar-refractivity contribution in [2.75, 3.05) is 17.2 Å².